The SMILES string of the molecule is CCC(CC(C)C)C(=O)C(CC)CC(C)C. The van der Waals surface area contributed by atoms with E-state index in [1.54, 1.807) is 0 Å². The number of carbonyl (C=O) groups excluding carboxylic acids is 1. The minimum absolute atomic E-state index is 0.295. The molecule has 0 saturated heterocycles. The highest BCUT2D eigenvalue weighted by Gasteiger charge is 2.25. The van der Waals surface area contributed by atoms with E-state index in [0.29, 0.717) is 29.5 Å². The molecule has 0 aromatic rings. The van der Waals surface area contributed by atoms with Gasteiger partial charge in [0.15, 0.2) is 0 Å². The van der Waals surface area contributed by atoms with Gasteiger partial charge in [-0.3, -0.25) is 4.79 Å². The van der Waals surface area contributed by atoms with Gasteiger partial charge in [-0.2, -0.15) is 0 Å². The summed E-state index contributed by atoms with van der Waals surface area (Å²) in [7, 11) is 0. The van der Waals surface area contributed by atoms with Crippen molar-refractivity contribution in [1.29, 1.82) is 0 Å². The molecular formula is C15H30O. The fourth-order valence-electron chi connectivity index (χ4n) is 2.44. The molecule has 1 heteroatoms. The van der Waals surface area contributed by atoms with Crippen molar-refractivity contribution in [3.05, 3.63) is 0 Å². The molecule has 0 N–H and O–H groups in total. The first kappa shape index (κ1) is 15.7. The van der Waals surface area contributed by atoms with E-state index in [1.165, 1.54) is 0 Å². The molecule has 0 heterocycles. The van der Waals surface area contributed by atoms with E-state index in [-0.39, 0.29) is 0 Å². The maximum absolute atomic E-state index is 12.4. The third kappa shape index (κ3) is 5.67. The van der Waals surface area contributed by atoms with E-state index < -0.39 is 0 Å². The Bertz CT molecular complexity index is 174. The molecule has 0 spiro atoms. The summed E-state index contributed by atoms with van der Waals surface area (Å²) in [6.07, 6.45) is 4.13. The van der Waals surface area contributed by atoms with Crippen molar-refractivity contribution in [1.82, 2.24) is 0 Å². The van der Waals surface area contributed by atoms with Gasteiger partial charge in [0.1, 0.15) is 5.78 Å². The van der Waals surface area contributed by atoms with E-state index in [4.69, 9.17) is 0 Å². The maximum Gasteiger partial charge on any atom is 0.139 e. The van der Waals surface area contributed by atoms with Gasteiger partial charge in [0.05, 0.1) is 0 Å². The van der Waals surface area contributed by atoms with Crippen LogP contribution in [0.3, 0.4) is 0 Å². The van der Waals surface area contributed by atoms with Gasteiger partial charge in [0.25, 0.3) is 0 Å². The van der Waals surface area contributed by atoms with Crippen molar-refractivity contribution in [3.63, 3.8) is 0 Å². The Hall–Kier alpha value is -0.330. The number of hydrogen-bond acceptors (Lipinski definition) is 1. The first-order valence-electron chi connectivity index (χ1n) is 6.95. The van der Waals surface area contributed by atoms with E-state index in [0.717, 1.165) is 25.7 Å². The van der Waals surface area contributed by atoms with Crippen LogP contribution in [0.5, 0.6) is 0 Å². The molecule has 1 nitrogen and oxygen atoms in total. The summed E-state index contributed by atoms with van der Waals surface area (Å²) in [6, 6.07) is 0. The molecule has 0 fully saturated rings. The molecule has 96 valence electrons. The van der Waals surface area contributed by atoms with Gasteiger partial charge in [-0.05, 0) is 37.5 Å². The summed E-state index contributed by atoms with van der Waals surface area (Å²) >= 11 is 0. The van der Waals surface area contributed by atoms with Crippen LogP contribution >= 0.6 is 0 Å². The van der Waals surface area contributed by atoms with Crippen molar-refractivity contribution in [3.8, 4) is 0 Å². The van der Waals surface area contributed by atoms with Crippen LogP contribution in [0, 0.1) is 23.7 Å². The molecule has 0 amide bonds. The molecule has 0 aromatic carbocycles. The first-order chi connectivity index (χ1) is 7.42. The number of carbonyl (C=O) groups is 1. The molecular weight excluding hydrogens is 196 g/mol. The fourth-order valence-corrected chi connectivity index (χ4v) is 2.44. The minimum Gasteiger partial charge on any atom is -0.299 e. The van der Waals surface area contributed by atoms with Crippen molar-refractivity contribution >= 4 is 5.78 Å². The monoisotopic (exact) mass is 226 g/mol. The maximum atomic E-state index is 12.4. The first-order valence-corrected chi connectivity index (χ1v) is 6.95. The molecule has 0 aliphatic carbocycles. The second kappa shape index (κ2) is 7.86. The molecule has 0 aliphatic rings. The smallest absolute Gasteiger partial charge is 0.139 e. The van der Waals surface area contributed by atoms with Gasteiger partial charge in [0.2, 0.25) is 0 Å². The highest BCUT2D eigenvalue weighted by molar-refractivity contribution is 5.83. The topological polar surface area (TPSA) is 17.1 Å². The lowest BCUT2D eigenvalue weighted by Crippen LogP contribution is -2.25. The van der Waals surface area contributed by atoms with Gasteiger partial charge in [-0.25, -0.2) is 0 Å². The Morgan fingerprint density at radius 2 is 1.12 bits per heavy atom. The van der Waals surface area contributed by atoms with Crippen molar-refractivity contribution in [2.24, 2.45) is 23.7 Å². The lowest BCUT2D eigenvalue weighted by molar-refractivity contribution is -0.128. The Morgan fingerprint density at radius 3 is 1.31 bits per heavy atom. The molecule has 2 unspecified atom stereocenters. The average molecular weight is 226 g/mol. The van der Waals surface area contributed by atoms with Crippen LogP contribution in [-0.4, -0.2) is 5.78 Å². The standard InChI is InChI=1S/C15H30O/c1-7-13(9-11(3)4)15(16)14(8-2)10-12(5)6/h11-14H,7-10H2,1-6H3. The molecule has 2 atom stereocenters. The predicted octanol–water partition coefficient (Wildman–Crippen LogP) is 4.70. The number of Topliss-reactive ketones (excluding diaryl/α,β-unsaturated/α-hetero) is 1. The van der Waals surface area contributed by atoms with Crippen molar-refractivity contribution in [2.45, 2.75) is 67.2 Å². The summed E-state index contributed by atoms with van der Waals surface area (Å²) in [4.78, 5) is 12.4. The zero-order valence-corrected chi connectivity index (χ0v) is 12.0. The van der Waals surface area contributed by atoms with E-state index in [2.05, 4.69) is 41.5 Å². The van der Waals surface area contributed by atoms with Crippen LogP contribution in [0.1, 0.15) is 67.2 Å². The number of ketones is 1. The van der Waals surface area contributed by atoms with Gasteiger partial charge in [0, 0.05) is 11.8 Å². The molecule has 0 rings (SSSR count). The van der Waals surface area contributed by atoms with E-state index in [1.807, 2.05) is 0 Å². The van der Waals surface area contributed by atoms with Crippen molar-refractivity contribution < 1.29 is 4.79 Å². The normalized spacial score (nSPS) is 15.5. The zero-order valence-electron chi connectivity index (χ0n) is 12.0. The summed E-state index contributed by atoms with van der Waals surface area (Å²) in [5.74, 6) is 2.37. The predicted molar refractivity (Wildman–Crippen MR) is 71.5 cm³/mol. The second-order valence-corrected chi connectivity index (χ2v) is 5.87. The fraction of sp³-hybridized carbons (Fsp3) is 0.933. The molecule has 0 radical (unpaired) electrons. The Balaban J connectivity index is 4.44. The lowest BCUT2D eigenvalue weighted by Gasteiger charge is -2.23. The third-order valence-corrected chi connectivity index (χ3v) is 3.30. The molecule has 0 aliphatic heterocycles. The van der Waals surface area contributed by atoms with Gasteiger partial charge in [-0.1, -0.05) is 41.5 Å². The zero-order chi connectivity index (χ0) is 12.7. The van der Waals surface area contributed by atoms with E-state index in [9.17, 15) is 4.79 Å². The van der Waals surface area contributed by atoms with Crippen LogP contribution in [0.25, 0.3) is 0 Å². The number of rotatable bonds is 8. The van der Waals surface area contributed by atoms with Gasteiger partial charge < -0.3 is 0 Å². The Morgan fingerprint density at radius 1 is 0.812 bits per heavy atom. The largest absolute Gasteiger partial charge is 0.299 e. The quantitative estimate of drug-likeness (QED) is 0.586. The Kier molecular flexibility index (Phi) is 7.70. The molecule has 0 saturated carbocycles. The summed E-state index contributed by atoms with van der Waals surface area (Å²) in [5.41, 5.74) is 0. The molecule has 16 heavy (non-hydrogen) atoms. The van der Waals surface area contributed by atoms with Crippen LogP contribution in [0.4, 0.5) is 0 Å². The highest BCUT2D eigenvalue weighted by Crippen LogP contribution is 2.25. The number of hydrogen-bond donors (Lipinski definition) is 0. The Labute approximate surface area is 102 Å². The van der Waals surface area contributed by atoms with Crippen LogP contribution in [0.15, 0.2) is 0 Å². The summed E-state index contributed by atoms with van der Waals surface area (Å²) in [6.45, 7) is 13.1. The summed E-state index contributed by atoms with van der Waals surface area (Å²) < 4.78 is 0. The average Bonchev–Trinajstić information content (AvgIpc) is 2.20. The van der Waals surface area contributed by atoms with Gasteiger partial charge in [-0.15, -0.1) is 0 Å². The van der Waals surface area contributed by atoms with Crippen LogP contribution in [0.2, 0.25) is 0 Å². The van der Waals surface area contributed by atoms with Crippen LogP contribution in [-0.2, 0) is 4.79 Å². The molecule has 0 bridgehead atoms. The van der Waals surface area contributed by atoms with Gasteiger partial charge >= 0.3 is 0 Å². The van der Waals surface area contributed by atoms with E-state index >= 15 is 0 Å². The van der Waals surface area contributed by atoms with Crippen LogP contribution < -0.4 is 0 Å². The lowest BCUT2D eigenvalue weighted by atomic mass is 9.81. The van der Waals surface area contributed by atoms with Crippen molar-refractivity contribution in [2.75, 3.05) is 0 Å². The third-order valence-electron chi connectivity index (χ3n) is 3.30. The highest BCUT2D eigenvalue weighted by atomic mass is 16.1. The second-order valence-electron chi connectivity index (χ2n) is 5.87. The molecule has 0 aromatic heterocycles. The summed E-state index contributed by atoms with van der Waals surface area (Å²) in [5, 5.41) is 0. The minimum atomic E-state index is 0.295.